The molecule has 1 heterocycles. The van der Waals surface area contributed by atoms with Crippen molar-refractivity contribution < 1.29 is 5.11 Å². The number of halogens is 1. The van der Waals surface area contributed by atoms with Crippen LogP contribution in [0.1, 0.15) is 24.3 Å². The minimum absolute atomic E-state index is 0.0434. The average molecular weight is 324 g/mol. The Kier molecular flexibility index (Phi) is 3.26. The van der Waals surface area contributed by atoms with Gasteiger partial charge in [-0.1, -0.05) is 34.5 Å². The van der Waals surface area contributed by atoms with Crippen molar-refractivity contribution in [2.75, 3.05) is 6.61 Å². The molecule has 1 saturated carbocycles. The van der Waals surface area contributed by atoms with E-state index in [-0.39, 0.29) is 12.0 Å². The molecule has 4 heteroatoms. The van der Waals surface area contributed by atoms with E-state index < -0.39 is 0 Å². The number of aromatic nitrogens is 1. The summed E-state index contributed by atoms with van der Waals surface area (Å²) in [5.41, 5.74) is 2.11. The summed E-state index contributed by atoms with van der Waals surface area (Å²) in [6.45, 7) is 0.223. The Balaban J connectivity index is 1.91. The number of rotatable bonds is 3. The molecule has 2 nitrogen and oxygen atoms in total. The minimum Gasteiger partial charge on any atom is -0.395 e. The standard InChI is InChI=1S/C14H14BrNOS/c15-11-4-2-10(3-5-11)12-8-18-13(16-12)14(9-17)6-1-7-14/h2-5,8,17H,1,6-7,9H2. The summed E-state index contributed by atoms with van der Waals surface area (Å²) in [7, 11) is 0. The highest BCUT2D eigenvalue weighted by Crippen LogP contribution is 2.45. The molecule has 18 heavy (non-hydrogen) atoms. The van der Waals surface area contributed by atoms with Crippen LogP contribution in [0.4, 0.5) is 0 Å². The number of hydrogen-bond acceptors (Lipinski definition) is 3. The summed E-state index contributed by atoms with van der Waals surface area (Å²) in [5, 5.41) is 12.8. The Hall–Kier alpha value is -0.710. The molecular formula is C14H14BrNOS. The largest absolute Gasteiger partial charge is 0.395 e. The van der Waals surface area contributed by atoms with Crippen molar-refractivity contribution in [2.24, 2.45) is 0 Å². The number of thiazole rings is 1. The zero-order valence-corrected chi connectivity index (χ0v) is 12.3. The summed E-state index contributed by atoms with van der Waals surface area (Å²) < 4.78 is 1.08. The lowest BCUT2D eigenvalue weighted by Gasteiger charge is -2.38. The number of aliphatic hydroxyl groups excluding tert-OH is 1. The van der Waals surface area contributed by atoms with E-state index in [1.165, 1.54) is 6.42 Å². The number of hydrogen-bond donors (Lipinski definition) is 1. The second kappa shape index (κ2) is 4.76. The fourth-order valence-electron chi connectivity index (χ4n) is 2.31. The second-order valence-corrected chi connectivity index (χ2v) is 6.61. The molecule has 1 aliphatic carbocycles. The zero-order valence-electron chi connectivity index (χ0n) is 9.90. The van der Waals surface area contributed by atoms with Crippen molar-refractivity contribution in [1.29, 1.82) is 0 Å². The molecule has 2 aromatic rings. The van der Waals surface area contributed by atoms with Gasteiger partial charge < -0.3 is 5.11 Å². The predicted molar refractivity (Wildman–Crippen MR) is 77.9 cm³/mol. The van der Waals surface area contributed by atoms with Crippen molar-refractivity contribution in [3.8, 4) is 11.3 Å². The first kappa shape index (κ1) is 12.3. The maximum Gasteiger partial charge on any atom is 0.102 e. The topological polar surface area (TPSA) is 33.1 Å². The smallest absolute Gasteiger partial charge is 0.102 e. The van der Waals surface area contributed by atoms with Gasteiger partial charge in [0, 0.05) is 20.8 Å². The third-order valence-corrected chi connectivity index (χ3v) is 5.33. The molecule has 1 aromatic carbocycles. The molecule has 0 aliphatic heterocycles. The maximum atomic E-state index is 9.57. The van der Waals surface area contributed by atoms with E-state index in [0.29, 0.717) is 0 Å². The predicted octanol–water partition coefficient (Wildman–Crippen LogP) is 3.99. The van der Waals surface area contributed by atoms with Crippen LogP contribution in [0, 0.1) is 0 Å². The zero-order chi connectivity index (χ0) is 12.6. The van der Waals surface area contributed by atoms with Gasteiger partial charge in [-0.2, -0.15) is 0 Å². The molecule has 1 aliphatic rings. The molecule has 0 unspecified atom stereocenters. The summed E-state index contributed by atoms with van der Waals surface area (Å²) in [6, 6.07) is 8.18. The molecule has 0 amide bonds. The molecule has 1 N–H and O–H groups in total. The van der Waals surface area contributed by atoms with Crippen LogP contribution in [-0.2, 0) is 5.41 Å². The van der Waals surface area contributed by atoms with Gasteiger partial charge in [-0.15, -0.1) is 11.3 Å². The molecule has 1 aromatic heterocycles. The Labute approximate surface area is 119 Å². The minimum atomic E-state index is -0.0434. The number of aliphatic hydroxyl groups is 1. The van der Waals surface area contributed by atoms with Crippen molar-refractivity contribution >= 4 is 27.3 Å². The lowest BCUT2D eigenvalue weighted by molar-refractivity contribution is 0.120. The van der Waals surface area contributed by atoms with Crippen molar-refractivity contribution in [3.05, 3.63) is 39.1 Å². The van der Waals surface area contributed by atoms with Crippen LogP contribution >= 0.6 is 27.3 Å². The van der Waals surface area contributed by atoms with Gasteiger partial charge in [-0.05, 0) is 25.0 Å². The van der Waals surface area contributed by atoms with Crippen LogP contribution in [0.15, 0.2) is 34.1 Å². The third-order valence-electron chi connectivity index (χ3n) is 3.71. The van der Waals surface area contributed by atoms with Crippen LogP contribution < -0.4 is 0 Å². The van der Waals surface area contributed by atoms with Gasteiger partial charge in [0.2, 0.25) is 0 Å². The van der Waals surface area contributed by atoms with Crippen LogP contribution in [-0.4, -0.2) is 16.7 Å². The molecular weight excluding hydrogens is 310 g/mol. The first-order valence-corrected chi connectivity index (χ1v) is 7.74. The van der Waals surface area contributed by atoms with Crippen LogP contribution in [0.5, 0.6) is 0 Å². The van der Waals surface area contributed by atoms with Gasteiger partial charge in [0.15, 0.2) is 0 Å². The molecule has 0 saturated heterocycles. The van der Waals surface area contributed by atoms with Gasteiger partial charge >= 0.3 is 0 Å². The van der Waals surface area contributed by atoms with Crippen molar-refractivity contribution in [1.82, 2.24) is 4.98 Å². The normalized spacial score (nSPS) is 17.4. The van der Waals surface area contributed by atoms with E-state index in [1.807, 2.05) is 12.1 Å². The highest BCUT2D eigenvalue weighted by atomic mass is 79.9. The van der Waals surface area contributed by atoms with Gasteiger partial charge in [-0.25, -0.2) is 4.98 Å². The first-order valence-electron chi connectivity index (χ1n) is 6.06. The molecule has 0 radical (unpaired) electrons. The average Bonchev–Trinajstić information content (AvgIpc) is 2.79. The number of benzene rings is 1. The summed E-state index contributed by atoms with van der Waals surface area (Å²) in [4.78, 5) is 4.72. The SMILES string of the molecule is OCC1(c2nc(-c3ccc(Br)cc3)cs2)CCC1. The van der Waals surface area contributed by atoms with Crippen molar-refractivity contribution in [3.63, 3.8) is 0 Å². The van der Waals surface area contributed by atoms with E-state index in [0.717, 1.165) is 33.6 Å². The van der Waals surface area contributed by atoms with E-state index in [2.05, 4.69) is 33.4 Å². The molecule has 3 rings (SSSR count). The lowest BCUT2D eigenvalue weighted by Crippen LogP contribution is -2.37. The Bertz CT molecular complexity index is 540. The highest BCUT2D eigenvalue weighted by Gasteiger charge is 2.40. The molecule has 1 fully saturated rings. The maximum absolute atomic E-state index is 9.57. The Morgan fingerprint density at radius 2 is 2.00 bits per heavy atom. The first-order chi connectivity index (χ1) is 8.73. The van der Waals surface area contributed by atoms with Gasteiger partial charge in [0.25, 0.3) is 0 Å². The van der Waals surface area contributed by atoms with Crippen LogP contribution in [0.25, 0.3) is 11.3 Å². The van der Waals surface area contributed by atoms with Gasteiger partial charge in [-0.3, -0.25) is 0 Å². The van der Waals surface area contributed by atoms with Crippen LogP contribution in [0.2, 0.25) is 0 Å². The summed E-state index contributed by atoms with van der Waals surface area (Å²) in [5.74, 6) is 0. The molecule has 94 valence electrons. The van der Waals surface area contributed by atoms with E-state index in [4.69, 9.17) is 4.98 Å². The highest BCUT2D eigenvalue weighted by molar-refractivity contribution is 9.10. The fourth-order valence-corrected chi connectivity index (χ4v) is 3.66. The van der Waals surface area contributed by atoms with E-state index in [9.17, 15) is 5.11 Å². The molecule has 0 bridgehead atoms. The van der Waals surface area contributed by atoms with Gasteiger partial charge in [0.05, 0.1) is 12.3 Å². The Morgan fingerprint density at radius 3 is 2.56 bits per heavy atom. The lowest BCUT2D eigenvalue weighted by atomic mass is 9.70. The molecule has 0 atom stereocenters. The van der Waals surface area contributed by atoms with Crippen molar-refractivity contribution in [2.45, 2.75) is 24.7 Å². The monoisotopic (exact) mass is 323 g/mol. The Morgan fingerprint density at radius 1 is 1.28 bits per heavy atom. The quantitative estimate of drug-likeness (QED) is 0.926. The van der Waals surface area contributed by atoms with E-state index in [1.54, 1.807) is 11.3 Å². The van der Waals surface area contributed by atoms with Gasteiger partial charge in [0.1, 0.15) is 5.01 Å². The summed E-state index contributed by atoms with van der Waals surface area (Å²) in [6.07, 6.45) is 3.33. The van der Waals surface area contributed by atoms with Crippen LogP contribution in [0.3, 0.4) is 0 Å². The third kappa shape index (κ3) is 2.02. The number of nitrogens with zero attached hydrogens (tertiary/aromatic N) is 1. The van der Waals surface area contributed by atoms with E-state index >= 15 is 0 Å². The fraction of sp³-hybridized carbons (Fsp3) is 0.357. The second-order valence-electron chi connectivity index (χ2n) is 4.84. The molecule has 0 spiro atoms. The summed E-state index contributed by atoms with van der Waals surface area (Å²) >= 11 is 5.11.